The fourth-order valence-electron chi connectivity index (χ4n) is 2.11. The third kappa shape index (κ3) is 4.68. The van der Waals surface area contributed by atoms with Crippen LogP contribution in [-0.4, -0.2) is 29.0 Å². The Balaban J connectivity index is 1.58. The largest absolute Gasteiger partial charge is 0.469 e. The van der Waals surface area contributed by atoms with Gasteiger partial charge in [-0.15, -0.1) is 11.3 Å². The van der Waals surface area contributed by atoms with Crippen LogP contribution < -0.4 is 5.32 Å². The third-order valence-corrected chi connectivity index (χ3v) is 4.39. The zero-order chi connectivity index (χ0) is 18.5. The van der Waals surface area contributed by atoms with E-state index in [4.69, 9.17) is 16.0 Å². The summed E-state index contributed by atoms with van der Waals surface area (Å²) in [5.41, 5.74) is 1.82. The second-order valence-corrected chi connectivity index (χ2v) is 6.57. The first kappa shape index (κ1) is 18.1. The van der Waals surface area contributed by atoms with Crippen LogP contribution in [0.2, 0.25) is 5.02 Å². The van der Waals surface area contributed by atoms with Gasteiger partial charge in [-0.1, -0.05) is 11.6 Å². The number of methoxy groups -OCH3 is 1. The summed E-state index contributed by atoms with van der Waals surface area (Å²) >= 11 is 7.09. The van der Waals surface area contributed by atoms with Crippen molar-refractivity contribution in [3.63, 3.8) is 0 Å². The molecule has 7 nitrogen and oxygen atoms in total. The average molecular weight is 392 g/mol. The summed E-state index contributed by atoms with van der Waals surface area (Å²) in [5.74, 6) is -0.246. The van der Waals surface area contributed by atoms with E-state index in [1.165, 1.54) is 24.7 Å². The molecule has 0 saturated heterocycles. The molecule has 134 valence electrons. The van der Waals surface area contributed by atoms with Crippen LogP contribution in [0, 0.1) is 0 Å². The number of nitrogens with one attached hydrogen (secondary N) is 1. The van der Waals surface area contributed by atoms with E-state index in [0.29, 0.717) is 27.4 Å². The van der Waals surface area contributed by atoms with Crippen LogP contribution in [0.1, 0.15) is 11.4 Å². The molecular formula is C17H14ClN3O4S. The molecule has 1 amide bonds. The molecule has 9 heteroatoms. The molecule has 0 saturated carbocycles. The Kier molecular flexibility index (Phi) is 5.65. The number of carbonyl (C=O) groups excluding carboxylic acids is 2. The van der Waals surface area contributed by atoms with Gasteiger partial charge in [0.2, 0.25) is 11.8 Å². The number of thiazole rings is 1. The summed E-state index contributed by atoms with van der Waals surface area (Å²) in [5, 5.41) is 5.40. The number of halogens is 1. The predicted octanol–water partition coefficient (Wildman–Crippen LogP) is 3.35. The summed E-state index contributed by atoms with van der Waals surface area (Å²) in [7, 11) is 1.31. The molecule has 0 spiro atoms. The van der Waals surface area contributed by atoms with E-state index in [2.05, 4.69) is 20.0 Å². The lowest BCUT2D eigenvalue weighted by molar-refractivity contribution is -0.139. The molecule has 0 radical (unpaired) electrons. The van der Waals surface area contributed by atoms with Gasteiger partial charge in [-0.3, -0.25) is 9.59 Å². The Hall–Kier alpha value is -2.71. The number of anilines is 1. The third-order valence-electron chi connectivity index (χ3n) is 3.34. The average Bonchev–Trinajstić information content (AvgIpc) is 3.25. The van der Waals surface area contributed by atoms with Gasteiger partial charge in [-0.2, -0.15) is 0 Å². The summed E-state index contributed by atoms with van der Waals surface area (Å²) in [4.78, 5) is 31.8. The van der Waals surface area contributed by atoms with Crippen molar-refractivity contribution >= 4 is 39.9 Å². The van der Waals surface area contributed by atoms with Gasteiger partial charge in [0.25, 0.3) is 0 Å². The van der Waals surface area contributed by atoms with Crippen molar-refractivity contribution in [1.29, 1.82) is 0 Å². The van der Waals surface area contributed by atoms with Gasteiger partial charge in [-0.05, 0) is 24.3 Å². The van der Waals surface area contributed by atoms with E-state index in [9.17, 15) is 9.59 Å². The number of nitrogens with zero attached hydrogens (tertiary/aromatic N) is 2. The molecule has 0 aliphatic heterocycles. The first-order valence-electron chi connectivity index (χ1n) is 7.55. The van der Waals surface area contributed by atoms with Crippen molar-refractivity contribution in [2.24, 2.45) is 0 Å². The van der Waals surface area contributed by atoms with Gasteiger partial charge in [0.05, 0.1) is 31.3 Å². The number of aromatic nitrogens is 2. The molecule has 26 heavy (non-hydrogen) atoms. The normalized spacial score (nSPS) is 10.5. The van der Waals surface area contributed by atoms with Gasteiger partial charge in [0.15, 0.2) is 5.13 Å². The lowest BCUT2D eigenvalue weighted by Gasteiger charge is -1.99. The zero-order valence-corrected chi connectivity index (χ0v) is 15.3. The highest BCUT2D eigenvalue weighted by molar-refractivity contribution is 7.13. The standard InChI is InChI=1S/C17H14ClN3O4S/c1-24-15(23)7-13-9-26-17(20-13)21-14(22)6-12-8-25-16(19-12)10-2-4-11(18)5-3-10/h2-5,8-9H,6-7H2,1H3,(H,20,21,22). The number of esters is 1. The van der Waals surface area contributed by atoms with Crippen LogP contribution >= 0.6 is 22.9 Å². The molecule has 0 bridgehead atoms. The zero-order valence-electron chi connectivity index (χ0n) is 13.7. The molecule has 2 heterocycles. The summed E-state index contributed by atoms with van der Waals surface area (Å²) in [6, 6.07) is 7.05. The fourth-order valence-corrected chi connectivity index (χ4v) is 2.96. The Morgan fingerprint density at radius 3 is 2.69 bits per heavy atom. The Labute approximate surface area is 158 Å². The second-order valence-electron chi connectivity index (χ2n) is 5.27. The second kappa shape index (κ2) is 8.11. The summed E-state index contributed by atoms with van der Waals surface area (Å²) in [6.07, 6.45) is 1.55. The monoisotopic (exact) mass is 391 g/mol. The summed E-state index contributed by atoms with van der Waals surface area (Å²) < 4.78 is 9.98. The molecule has 0 fully saturated rings. The molecule has 3 rings (SSSR count). The molecule has 2 aromatic heterocycles. The predicted molar refractivity (Wildman–Crippen MR) is 97.1 cm³/mol. The van der Waals surface area contributed by atoms with Crippen LogP contribution in [0.4, 0.5) is 5.13 Å². The molecule has 0 aliphatic carbocycles. The molecule has 0 atom stereocenters. The first-order chi connectivity index (χ1) is 12.5. The van der Waals surface area contributed by atoms with E-state index in [1.54, 1.807) is 29.6 Å². The SMILES string of the molecule is COC(=O)Cc1csc(NC(=O)Cc2coc(-c3ccc(Cl)cc3)n2)n1. The highest BCUT2D eigenvalue weighted by Gasteiger charge is 2.13. The number of hydrogen-bond donors (Lipinski definition) is 1. The molecule has 0 aliphatic rings. The maximum absolute atomic E-state index is 12.1. The van der Waals surface area contributed by atoms with Crippen molar-refractivity contribution in [3.8, 4) is 11.5 Å². The minimum atomic E-state index is -0.384. The van der Waals surface area contributed by atoms with Crippen molar-refractivity contribution in [3.05, 3.63) is 52.3 Å². The number of amides is 1. The molecule has 3 aromatic rings. The van der Waals surface area contributed by atoms with Gasteiger partial charge < -0.3 is 14.5 Å². The minimum Gasteiger partial charge on any atom is -0.469 e. The van der Waals surface area contributed by atoms with Crippen LogP contribution in [0.3, 0.4) is 0 Å². The van der Waals surface area contributed by atoms with E-state index in [-0.39, 0.29) is 24.7 Å². The maximum atomic E-state index is 12.1. The number of rotatable bonds is 6. The molecule has 1 N–H and O–H groups in total. The van der Waals surface area contributed by atoms with E-state index in [0.717, 1.165) is 5.56 Å². The van der Waals surface area contributed by atoms with E-state index < -0.39 is 0 Å². The number of carbonyl (C=O) groups is 2. The van der Waals surface area contributed by atoms with Gasteiger partial charge >= 0.3 is 5.97 Å². The molecule has 0 unspecified atom stereocenters. The molecular weight excluding hydrogens is 378 g/mol. The Morgan fingerprint density at radius 1 is 1.19 bits per heavy atom. The smallest absolute Gasteiger partial charge is 0.311 e. The van der Waals surface area contributed by atoms with E-state index in [1.807, 2.05) is 0 Å². The van der Waals surface area contributed by atoms with Gasteiger partial charge in [0, 0.05) is 16.0 Å². The van der Waals surface area contributed by atoms with Crippen LogP contribution in [0.25, 0.3) is 11.5 Å². The lowest BCUT2D eigenvalue weighted by Crippen LogP contribution is -2.14. The van der Waals surface area contributed by atoms with Crippen LogP contribution in [-0.2, 0) is 27.2 Å². The highest BCUT2D eigenvalue weighted by atomic mass is 35.5. The minimum absolute atomic E-state index is 0.0446. The Morgan fingerprint density at radius 2 is 1.96 bits per heavy atom. The maximum Gasteiger partial charge on any atom is 0.311 e. The van der Waals surface area contributed by atoms with Crippen LogP contribution in [0.15, 0.2) is 40.3 Å². The summed E-state index contributed by atoms with van der Waals surface area (Å²) in [6.45, 7) is 0. The quantitative estimate of drug-likeness (QED) is 0.647. The highest BCUT2D eigenvalue weighted by Crippen LogP contribution is 2.21. The van der Waals surface area contributed by atoms with Crippen molar-refractivity contribution in [2.45, 2.75) is 12.8 Å². The fraction of sp³-hybridized carbons (Fsp3) is 0.176. The number of benzene rings is 1. The number of oxazole rings is 1. The van der Waals surface area contributed by atoms with Crippen LogP contribution in [0.5, 0.6) is 0 Å². The Bertz CT molecular complexity index is 920. The topological polar surface area (TPSA) is 94.3 Å². The van der Waals surface area contributed by atoms with Gasteiger partial charge in [-0.25, -0.2) is 9.97 Å². The van der Waals surface area contributed by atoms with E-state index >= 15 is 0 Å². The van der Waals surface area contributed by atoms with Crippen molar-refractivity contribution in [2.75, 3.05) is 12.4 Å². The molecule has 1 aromatic carbocycles. The van der Waals surface area contributed by atoms with Crippen molar-refractivity contribution in [1.82, 2.24) is 9.97 Å². The number of hydrogen-bond acceptors (Lipinski definition) is 7. The first-order valence-corrected chi connectivity index (χ1v) is 8.80. The van der Waals surface area contributed by atoms with Gasteiger partial charge in [0.1, 0.15) is 6.26 Å². The lowest BCUT2D eigenvalue weighted by atomic mass is 10.2. The number of ether oxygens (including phenoxy) is 1. The van der Waals surface area contributed by atoms with Crippen molar-refractivity contribution < 1.29 is 18.7 Å².